The number of hydrogen-bond acceptors (Lipinski definition) is 1. The maximum absolute atomic E-state index is 10.3. The molecule has 0 saturated carbocycles. The summed E-state index contributed by atoms with van der Waals surface area (Å²) in [6.45, 7) is 2.08. The Morgan fingerprint density at radius 3 is 2.38 bits per heavy atom. The lowest BCUT2D eigenvalue weighted by molar-refractivity contribution is -0.105. The summed E-state index contributed by atoms with van der Waals surface area (Å²) in [6, 6.07) is 16.1. The van der Waals surface area contributed by atoms with Crippen LogP contribution in [-0.2, 0) is 4.79 Å². The molecule has 0 bridgehead atoms. The molecule has 2 rings (SSSR count). The SMILES string of the molecule is Cc1cccc(-c2ccc(NC=O)cc2)c1. The van der Waals surface area contributed by atoms with Gasteiger partial charge in [0.2, 0.25) is 6.41 Å². The standard InChI is InChI=1S/C14H13NO/c1-11-3-2-4-13(9-11)12-5-7-14(8-6-12)15-10-16/h2-10H,1H3,(H,15,16). The van der Waals surface area contributed by atoms with Crippen LogP contribution in [0.25, 0.3) is 11.1 Å². The van der Waals surface area contributed by atoms with Crippen LogP contribution in [0.1, 0.15) is 5.56 Å². The van der Waals surface area contributed by atoms with E-state index in [0.717, 1.165) is 11.3 Å². The molecule has 0 radical (unpaired) electrons. The molecule has 0 fully saturated rings. The molecule has 0 heterocycles. The van der Waals surface area contributed by atoms with Gasteiger partial charge in [-0.25, -0.2) is 0 Å². The highest BCUT2D eigenvalue weighted by Gasteiger charge is 1.97. The molecule has 0 aliphatic carbocycles. The third-order valence-corrected chi connectivity index (χ3v) is 2.46. The molecule has 80 valence electrons. The lowest BCUT2D eigenvalue weighted by Crippen LogP contribution is -1.92. The zero-order chi connectivity index (χ0) is 11.4. The number of nitrogens with one attached hydrogen (secondary N) is 1. The number of rotatable bonds is 3. The fourth-order valence-corrected chi connectivity index (χ4v) is 1.65. The summed E-state index contributed by atoms with van der Waals surface area (Å²) in [5.41, 5.74) is 4.40. The number of anilines is 1. The summed E-state index contributed by atoms with van der Waals surface area (Å²) < 4.78 is 0. The molecule has 2 nitrogen and oxygen atoms in total. The minimum atomic E-state index is 0.682. The van der Waals surface area contributed by atoms with Gasteiger partial charge in [0.25, 0.3) is 0 Å². The Kier molecular flexibility index (Phi) is 3.01. The van der Waals surface area contributed by atoms with Gasteiger partial charge in [-0.1, -0.05) is 42.0 Å². The van der Waals surface area contributed by atoms with Crippen LogP contribution in [0.15, 0.2) is 48.5 Å². The first kappa shape index (κ1) is 10.4. The summed E-state index contributed by atoms with van der Waals surface area (Å²) in [7, 11) is 0. The monoisotopic (exact) mass is 211 g/mol. The third-order valence-electron chi connectivity index (χ3n) is 2.46. The summed E-state index contributed by atoms with van der Waals surface area (Å²) in [5, 5.41) is 2.62. The van der Waals surface area contributed by atoms with Crippen LogP contribution >= 0.6 is 0 Å². The summed E-state index contributed by atoms with van der Waals surface area (Å²) >= 11 is 0. The highest BCUT2D eigenvalue weighted by atomic mass is 16.1. The van der Waals surface area contributed by atoms with Crippen molar-refractivity contribution in [3.63, 3.8) is 0 Å². The van der Waals surface area contributed by atoms with Crippen LogP contribution in [-0.4, -0.2) is 6.41 Å². The third kappa shape index (κ3) is 2.28. The molecule has 0 unspecified atom stereocenters. The fourth-order valence-electron chi connectivity index (χ4n) is 1.65. The van der Waals surface area contributed by atoms with Crippen LogP contribution in [0, 0.1) is 6.92 Å². The Bertz CT molecular complexity index is 488. The average Bonchev–Trinajstić information content (AvgIpc) is 2.30. The number of amides is 1. The van der Waals surface area contributed by atoms with E-state index in [1.165, 1.54) is 11.1 Å². The second-order valence-electron chi connectivity index (χ2n) is 3.71. The van der Waals surface area contributed by atoms with E-state index in [2.05, 4.69) is 30.4 Å². The van der Waals surface area contributed by atoms with Gasteiger partial charge < -0.3 is 5.32 Å². The largest absolute Gasteiger partial charge is 0.329 e. The molecule has 0 aliphatic rings. The summed E-state index contributed by atoms with van der Waals surface area (Å²) in [6.07, 6.45) is 0.682. The fraction of sp³-hybridized carbons (Fsp3) is 0.0714. The highest BCUT2D eigenvalue weighted by Crippen LogP contribution is 2.21. The van der Waals surface area contributed by atoms with Crippen LogP contribution in [0.4, 0.5) is 5.69 Å². The molecule has 1 N–H and O–H groups in total. The minimum absolute atomic E-state index is 0.682. The Hall–Kier alpha value is -2.09. The molecule has 2 heteroatoms. The van der Waals surface area contributed by atoms with Gasteiger partial charge in [-0.2, -0.15) is 0 Å². The second-order valence-corrected chi connectivity index (χ2v) is 3.71. The van der Waals surface area contributed by atoms with Gasteiger partial charge >= 0.3 is 0 Å². The van der Waals surface area contributed by atoms with Gasteiger partial charge in [0.05, 0.1) is 0 Å². The highest BCUT2D eigenvalue weighted by molar-refractivity contribution is 5.73. The van der Waals surface area contributed by atoms with Crippen molar-refractivity contribution >= 4 is 12.1 Å². The van der Waals surface area contributed by atoms with Gasteiger partial charge in [-0.15, -0.1) is 0 Å². The van der Waals surface area contributed by atoms with Crippen molar-refractivity contribution in [2.75, 3.05) is 5.32 Å². The predicted octanol–water partition coefficient (Wildman–Crippen LogP) is 3.23. The normalized spacial score (nSPS) is 9.81. The van der Waals surface area contributed by atoms with E-state index in [9.17, 15) is 4.79 Å². The van der Waals surface area contributed by atoms with E-state index in [1.54, 1.807) is 0 Å². The van der Waals surface area contributed by atoms with E-state index in [1.807, 2.05) is 30.3 Å². The first-order valence-corrected chi connectivity index (χ1v) is 5.17. The van der Waals surface area contributed by atoms with E-state index in [0.29, 0.717) is 6.41 Å². The Morgan fingerprint density at radius 1 is 1.00 bits per heavy atom. The maximum atomic E-state index is 10.3. The van der Waals surface area contributed by atoms with Crippen molar-refractivity contribution in [3.8, 4) is 11.1 Å². The smallest absolute Gasteiger partial charge is 0.211 e. The summed E-state index contributed by atoms with van der Waals surface area (Å²) in [4.78, 5) is 10.3. The van der Waals surface area contributed by atoms with E-state index >= 15 is 0 Å². The van der Waals surface area contributed by atoms with E-state index in [-0.39, 0.29) is 0 Å². The lowest BCUT2D eigenvalue weighted by Gasteiger charge is -2.04. The topological polar surface area (TPSA) is 29.1 Å². The zero-order valence-electron chi connectivity index (χ0n) is 9.10. The van der Waals surface area contributed by atoms with Crippen molar-refractivity contribution in [1.82, 2.24) is 0 Å². The van der Waals surface area contributed by atoms with Crippen LogP contribution < -0.4 is 5.32 Å². The number of hydrogen-bond donors (Lipinski definition) is 1. The number of carbonyl (C=O) groups is 1. The molecular formula is C14H13NO. The molecule has 0 atom stereocenters. The van der Waals surface area contributed by atoms with Crippen molar-refractivity contribution < 1.29 is 4.79 Å². The van der Waals surface area contributed by atoms with Crippen LogP contribution in [0.2, 0.25) is 0 Å². The van der Waals surface area contributed by atoms with Crippen molar-refractivity contribution in [1.29, 1.82) is 0 Å². The molecule has 0 saturated heterocycles. The maximum Gasteiger partial charge on any atom is 0.211 e. The molecule has 0 aliphatic heterocycles. The molecular weight excluding hydrogens is 198 g/mol. The number of benzene rings is 2. The van der Waals surface area contributed by atoms with Crippen LogP contribution in [0.5, 0.6) is 0 Å². The first-order valence-electron chi connectivity index (χ1n) is 5.17. The Balaban J connectivity index is 2.31. The van der Waals surface area contributed by atoms with Crippen molar-refractivity contribution in [2.45, 2.75) is 6.92 Å². The number of aryl methyl sites for hydroxylation is 1. The molecule has 2 aromatic rings. The number of carbonyl (C=O) groups excluding carboxylic acids is 1. The van der Waals surface area contributed by atoms with E-state index < -0.39 is 0 Å². The van der Waals surface area contributed by atoms with Gasteiger partial charge in [0.15, 0.2) is 0 Å². The quantitative estimate of drug-likeness (QED) is 0.776. The zero-order valence-corrected chi connectivity index (χ0v) is 9.10. The molecule has 0 spiro atoms. The predicted molar refractivity (Wildman–Crippen MR) is 66.3 cm³/mol. The Morgan fingerprint density at radius 2 is 1.75 bits per heavy atom. The molecule has 0 aromatic heterocycles. The molecule has 1 amide bonds. The van der Waals surface area contributed by atoms with Gasteiger partial charge in [-0.05, 0) is 30.2 Å². The molecule has 2 aromatic carbocycles. The lowest BCUT2D eigenvalue weighted by atomic mass is 10.0. The first-order chi connectivity index (χ1) is 7.79. The van der Waals surface area contributed by atoms with Gasteiger partial charge in [0.1, 0.15) is 0 Å². The van der Waals surface area contributed by atoms with Crippen molar-refractivity contribution in [3.05, 3.63) is 54.1 Å². The van der Waals surface area contributed by atoms with E-state index in [4.69, 9.17) is 0 Å². The summed E-state index contributed by atoms with van der Waals surface area (Å²) in [5.74, 6) is 0. The Labute approximate surface area is 94.9 Å². The van der Waals surface area contributed by atoms with Crippen molar-refractivity contribution in [2.24, 2.45) is 0 Å². The average molecular weight is 211 g/mol. The second kappa shape index (κ2) is 4.62. The van der Waals surface area contributed by atoms with Gasteiger partial charge in [0, 0.05) is 5.69 Å². The minimum Gasteiger partial charge on any atom is -0.329 e. The van der Waals surface area contributed by atoms with Crippen LogP contribution in [0.3, 0.4) is 0 Å². The molecule has 16 heavy (non-hydrogen) atoms. The van der Waals surface area contributed by atoms with Gasteiger partial charge in [-0.3, -0.25) is 4.79 Å².